The van der Waals surface area contributed by atoms with Crippen molar-refractivity contribution in [1.82, 2.24) is 19.6 Å². The fourth-order valence-electron chi connectivity index (χ4n) is 2.13. The third kappa shape index (κ3) is 3.34. The zero-order chi connectivity index (χ0) is 16.2. The number of hydrogen-bond donors (Lipinski definition) is 1. The van der Waals surface area contributed by atoms with Gasteiger partial charge in [0, 0.05) is 13.2 Å². The van der Waals surface area contributed by atoms with Crippen molar-refractivity contribution < 1.29 is 4.79 Å². The van der Waals surface area contributed by atoms with E-state index in [2.05, 4.69) is 15.6 Å². The Morgan fingerprint density at radius 2 is 1.96 bits per heavy atom. The number of amides is 1. The highest BCUT2D eigenvalue weighted by Crippen LogP contribution is 2.04. The lowest BCUT2D eigenvalue weighted by molar-refractivity contribution is 0.102. The molecule has 7 heteroatoms. The predicted molar refractivity (Wildman–Crippen MR) is 85.2 cm³/mol. The minimum absolute atomic E-state index is 0.159. The lowest BCUT2D eigenvalue weighted by Gasteiger charge is -2.03. The van der Waals surface area contributed by atoms with Crippen molar-refractivity contribution >= 4 is 11.6 Å². The zero-order valence-electron chi connectivity index (χ0n) is 12.5. The smallest absolute Gasteiger partial charge is 0.277 e. The molecule has 2 aromatic heterocycles. The molecule has 2 heterocycles. The van der Waals surface area contributed by atoms with E-state index in [0.29, 0.717) is 6.54 Å². The van der Waals surface area contributed by atoms with Gasteiger partial charge in [-0.05, 0) is 17.7 Å². The third-order valence-electron chi connectivity index (χ3n) is 3.33. The maximum atomic E-state index is 12.2. The SMILES string of the molecule is Cn1cccc(NC(=O)c2cn(Cc3ccccc3)nn2)c1=O. The molecule has 0 aliphatic carbocycles. The molecule has 3 aromatic rings. The van der Waals surface area contributed by atoms with Gasteiger partial charge < -0.3 is 9.88 Å². The van der Waals surface area contributed by atoms with Crippen LogP contribution in [0.15, 0.2) is 59.7 Å². The normalized spacial score (nSPS) is 10.5. The lowest BCUT2D eigenvalue weighted by Crippen LogP contribution is -2.23. The highest BCUT2D eigenvalue weighted by atomic mass is 16.2. The molecule has 0 fully saturated rings. The first-order valence-corrected chi connectivity index (χ1v) is 7.04. The van der Waals surface area contributed by atoms with Gasteiger partial charge in [0.2, 0.25) is 0 Å². The van der Waals surface area contributed by atoms with Crippen molar-refractivity contribution in [3.05, 3.63) is 76.5 Å². The van der Waals surface area contributed by atoms with Gasteiger partial charge in [0.15, 0.2) is 5.69 Å². The average Bonchev–Trinajstić information content (AvgIpc) is 3.01. The molecule has 0 saturated heterocycles. The molecular formula is C16H15N5O2. The quantitative estimate of drug-likeness (QED) is 0.787. The predicted octanol–water partition coefficient (Wildman–Crippen LogP) is 1.28. The molecule has 1 N–H and O–H groups in total. The molecule has 23 heavy (non-hydrogen) atoms. The number of anilines is 1. The fourth-order valence-corrected chi connectivity index (χ4v) is 2.13. The van der Waals surface area contributed by atoms with E-state index in [4.69, 9.17) is 0 Å². The topological polar surface area (TPSA) is 81.8 Å². The highest BCUT2D eigenvalue weighted by Gasteiger charge is 2.13. The van der Waals surface area contributed by atoms with Gasteiger partial charge in [-0.15, -0.1) is 5.10 Å². The fraction of sp³-hybridized carbons (Fsp3) is 0.125. The van der Waals surface area contributed by atoms with Crippen molar-refractivity contribution in [2.45, 2.75) is 6.54 Å². The van der Waals surface area contributed by atoms with Gasteiger partial charge in [-0.2, -0.15) is 0 Å². The molecule has 0 saturated carbocycles. The zero-order valence-corrected chi connectivity index (χ0v) is 12.5. The molecule has 0 atom stereocenters. The number of rotatable bonds is 4. The van der Waals surface area contributed by atoms with Gasteiger partial charge in [-0.1, -0.05) is 35.5 Å². The number of nitrogens with zero attached hydrogens (tertiary/aromatic N) is 4. The van der Waals surface area contributed by atoms with E-state index < -0.39 is 5.91 Å². The lowest BCUT2D eigenvalue weighted by atomic mass is 10.2. The molecule has 7 nitrogen and oxygen atoms in total. The summed E-state index contributed by atoms with van der Waals surface area (Å²) in [5.74, 6) is -0.465. The van der Waals surface area contributed by atoms with Crippen LogP contribution in [0, 0.1) is 0 Å². The van der Waals surface area contributed by atoms with Crippen LogP contribution in [0.5, 0.6) is 0 Å². The Hall–Kier alpha value is -3.22. The van der Waals surface area contributed by atoms with Crippen LogP contribution in [0.3, 0.4) is 0 Å². The van der Waals surface area contributed by atoms with Gasteiger partial charge >= 0.3 is 0 Å². The van der Waals surface area contributed by atoms with E-state index in [0.717, 1.165) is 5.56 Å². The first-order chi connectivity index (χ1) is 11.1. The number of nitrogens with one attached hydrogen (secondary N) is 1. The number of carbonyl (C=O) groups is 1. The summed E-state index contributed by atoms with van der Waals surface area (Å²) in [5.41, 5.74) is 1.14. The van der Waals surface area contributed by atoms with Crippen molar-refractivity contribution in [3.63, 3.8) is 0 Å². The number of hydrogen-bond acceptors (Lipinski definition) is 4. The number of carbonyl (C=O) groups excluding carboxylic acids is 1. The summed E-state index contributed by atoms with van der Waals surface area (Å²) in [6.07, 6.45) is 3.17. The van der Waals surface area contributed by atoms with E-state index in [1.165, 1.54) is 4.57 Å². The van der Waals surface area contributed by atoms with Gasteiger partial charge in [0.1, 0.15) is 5.69 Å². The standard InChI is InChI=1S/C16H15N5O2/c1-20-9-5-8-13(16(20)23)17-15(22)14-11-21(19-18-14)10-12-6-3-2-4-7-12/h2-9,11H,10H2,1H3,(H,17,22). The maximum absolute atomic E-state index is 12.2. The average molecular weight is 309 g/mol. The van der Waals surface area contributed by atoms with Gasteiger partial charge in [0.05, 0.1) is 12.7 Å². The Morgan fingerprint density at radius 1 is 1.17 bits per heavy atom. The first kappa shape index (κ1) is 14.7. The Balaban J connectivity index is 1.74. The first-order valence-electron chi connectivity index (χ1n) is 7.04. The largest absolute Gasteiger partial charge is 0.317 e. The third-order valence-corrected chi connectivity index (χ3v) is 3.33. The second-order valence-electron chi connectivity index (χ2n) is 5.08. The summed E-state index contributed by atoms with van der Waals surface area (Å²) in [6.45, 7) is 0.522. The van der Waals surface area contributed by atoms with Crippen LogP contribution in [-0.2, 0) is 13.6 Å². The molecule has 0 bridgehead atoms. The summed E-state index contributed by atoms with van der Waals surface area (Å²) in [6, 6.07) is 13.0. The van der Waals surface area contributed by atoms with Gasteiger partial charge in [-0.3, -0.25) is 9.59 Å². The van der Waals surface area contributed by atoms with E-state index in [9.17, 15) is 9.59 Å². The van der Waals surface area contributed by atoms with Crippen LogP contribution in [0.1, 0.15) is 16.1 Å². The molecule has 0 radical (unpaired) electrons. The monoisotopic (exact) mass is 309 g/mol. The van der Waals surface area contributed by atoms with E-state index >= 15 is 0 Å². The Bertz CT molecular complexity index is 883. The number of pyridine rings is 1. The maximum Gasteiger partial charge on any atom is 0.277 e. The molecule has 3 rings (SSSR count). The van der Waals surface area contributed by atoms with Crippen molar-refractivity contribution in [2.24, 2.45) is 7.05 Å². The number of benzene rings is 1. The van der Waals surface area contributed by atoms with Gasteiger partial charge in [0.25, 0.3) is 11.5 Å². The minimum atomic E-state index is -0.465. The van der Waals surface area contributed by atoms with Crippen LogP contribution in [-0.4, -0.2) is 25.5 Å². The van der Waals surface area contributed by atoms with Gasteiger partial charge in [-0.25, -0.2) is 4.68 Å². The van der Waals surface area contributed by atoms with Crippen LogP contribution >= 0.6 is 0 Å². The summed E-state index contributed by atoms with van der Waals surface area (Å²) in [7, 11) is 1.62. The molecule has 0 unspecified atom stereocenters. The van der Waals surface area contributed by atoms with Crippen LogP contribution < -0.4 is 10.9 Å². The van der Waals surface area contributed by atoms with Crippen LogP contribution in [0.2, 0.25) is 0 Å². The second kappa shape index (κ2) is 6.27. The Labute approximate surface area is 132 Å². The highest BCUT2D eigenvalue weighted by molar-refractivity contribution is 6.02. The Morgan fingerprint density at radius 3 is 2.74 bits per heavy atom. The summed E-state index contributed by atoms with van der Waals surface area (Å²) in [4.78, 5) is 24.1. The number of aromatic nitrogens is 4. The van der Waals surface area contributed by atoms with E-state index in [1.807, 2.05) is 30.3 Å². The van der Waals surface area contributed by atoms with Crippen molar-refractivity contribution in [1.29, 1.82) is 0 Å². The molecule has 0 aliphatic rings. The molecule has 1 amide bonds. The van der Waals surface area contributed by atoms with Crippen LogP contribution in [0.25, 0.3) is 0 Å². The molecule has 0 spiro atoms. The molecule has 1 aromatic carbocycles. The molecule has 116 valence electrons. The Kier molecular flexibility index (Phi) is 4.01. The summed E-state index contributed by atoms with van der Waals surface area (Å²) in [5, 5.41) is 10.3. The van der Waals surface area contributed by atoms with Crippen molar-refractivity contribution in [2.75, 3.05) is 5.32 Å². The second-order valence-corrected chi connectivity index (χ2v) is 5.08. The van der Waals surface area contributed by atoms with Crippen molar-refractivity contribution in [3.8, 4) is 0 Å². The molecular weight excluding hydrogens is 294 g/mol. The minimum Gasteiger partial charge on any atom is -0.317 e. The van der Waals surface area contributed by atoms with E-state index in [1.54, 1.807) is 36.3 Å². The van der Waals surface area contributed by atoms with Crippen LogP contribution in [0.4, 0.5) is 5.69 Å². The summed E-state index contributed by atoms with van der Waals surface area (Å²) >= 11 is 0. The van der Waals surface area contributed by atoms with E-state index in [-0.39, 0.29) is 16.9 Å². The molecule has 0 aliphatic heterocycles. The summed E-state index contributed by atoms with van der Waals surface area (Å²) < 4.78 is 2.97. The number of aryl methyl sites for hydroxylation is 1.